The minimum Gasteiger partial charge on any atom is -0.327 e. The summed E-state index contributed by atoms with van der Waals surface area (Å²) in [6.45, 7) is 2.20. The van der Waals surface area contributed by atoms with Crippen molar-refractivity contribution in [3.8, 4) is 0 Å². The van der Waals surface area contributed by atoms with E-state index >= 15 is 0 Å². The summed E-state index contributed by atoms with van der Waals surface area (Å²) in [6, 6.07) is 0.528. The molecule has 1 heteroatoms. The molecular weight excluding hydrogens is 98.1 g/mol. The van der Waals surface area contributed by atoms with Gasteiger partial charge in [0.25, 0.3) is 0 Å². The van der Waals surface area contributed by atoms with Gasteiger partial charge in [-0.3, -0.25) is 0 Å². The molecule has 8 heavy (non-hydrogen) atoms. The van der Waals surface area contributed by atoms with Crippen LogP contribution in [0.3, 0.4) is 0 Å². The van der Waals surface area contributed by atoms with Crippen molar-refractivity contribution in [2.45, 2.75) is 38.6 Å². The van der Waals surface area contributed by atoms with Crippen molar-refractivity contribution < 1.29 is 0 Å². The minimum atomic E-state index is 0.528. The molecule has 0 spiro atoms. The van der Waals surface area contributed by atoms with E-state index in [-0.39, 0.29) is 0 Å². The molecule has 1 atom stereocenters. The van der Waals surface area contributed by atoms with Crippen LogP contribution in [0.5, 0.6) is 0 Å². The molecule has 1 aliphatic rings. The van der Waals surface area contributed by atoms with Crippen LogP contribution in [0.1, 0.15) is 32.6 Å². The van der Waals surface area contributed by atoms with Crippen LogP contribution >= 0.6 is 0 Å². The maximum atomic E-state index is 5.79. The molecule has 1 saturated carbocycles. The average Bonchev–Trinajstić information content (AvgIpc) is 2.45. The van der Waals surface area contributed by atoms with E-state index in [0.29, 0.717) is 6.04 Å². The summed E-state index contributed by atoms with van der Waals surface area (Å²) in [5.74, 6) is 0.898. The van der Waals surface area contributed by atoms with Crippen LogP contribution in [-0.2, 0) is 0 Å². The highest BCUT2D eigenvalue weighted by Crippen LogP contribution is 2.32. The first kappa shape index (κ1) is 6.09. The third-order valence-electron chi connectivity index (χ3n) is 1.85. The summed E-state index contributed by atoms with van der Waals surface area (Å²) >= 11 is 0. The second kappa shape index (κ2) is 2.49. The number of nitrogens with two attached hydrogens (primary N) is 1. The van der Waals surface area contributed by atoms with Crippen LogP contribution in [0.2, 0.25) is 0 Å². The summed E-state index contributed by atoms with van der Waals surface area (Å²) in [5.41, 5.74) is 5.79. The second-order valence-electron chi connectivity index (χ2n) is 2.79. The molecule has 0 heterocycles. The lowest BCUT2D eigenvalue weighted by atomic mass is 10.1. The van der Waals surface area contributed by atoms with Crippen molar-refractivity contribution >= 4 is 0 Å². The first-order valence-electron chi connectivity index (χ1n) is 3.60. The van der Waals surface area contributed by atoms with E-state index in [4.69, 9.17) is 5.73 Å². The lowest BCUT2D eigenvalue weighted by Crippen LogP contribution is -2.21. The van der Waals surface area contributed by atoms with Gasteiger partial charge in [0.2, 0.25) is 0 Å². The van der Waals surface area contributed by atoms with Gasteiger partial charge in [0.05, 0.1) is 0 Å². The van der Waals surface area contributed by atoms with Crippen molar-refractivity contribution in [3.63, 3.8) is 0 Å². The van der Waals surface area contributed by atoms with Crippen molar-refractivity contribution in [3.05, 3.63) is 0 Å². The number of hydrogen-bond acceptors (Lipinski definition) is 1. The van der Waals surface area contributed by atoms with E-state index in [2.05, 4.69) is 6.92 Å². The predicted octanol–water partition coefficient (Wildman–Crippen LogP) is 1.52. The molecule has 0 aromatic rings. The van der Waals surface area contributed by atoms with Crippen LogP contribution in [0.25, 0.3) is 0 Å². The second-order valence-corrected chi connectivity index (χ2v) is 2.79. The first-order valence-corrected chi connectivity index (χ1v) is 3.60. The summed E-state index contributed by atoms with van der Waals surface area (Å²) in [5, 5.41) is 0. The highest BCUT2D eigenvalue weighted by molar-refractivity contribution is 4.83. The van der Waals surface area contributed by atoms with Crippen molar-refractivity contribution in [1.82, 2.24) is 0 Å². The van der Waals surface area contributed by atoms with E-state index in [1.54, 1.807) is 0 Å². The van der Waals surface area contributed by atoms with E-state index in [1.807, 2.05) is 0 Å². The van der Waals surface area contributed by atoms with Gasteiger partial charge < -0.3 is 5.73 Å². The molecule has 48 valence electrons. The molecule has 0 aliphatic heterocycles. The average molecular weight is 113 g/mol. The van der Waals surface area contributed by atoms with Crippen LogP contribution in [0.4, 0.5) is 0 Å². The fourth-order valence-electron chi connectivity index (χ4n) is 1.09. The Morgan fingerprint density at radius 2 is 2.25 bits per heavy atom. The molecule has 1 nitrogen and oxygen atoms in total. The summed E-state index contributed by atoms with van der Waals surface area (Å²) in [4.78, 5) is 0. The molecule has 2 N–H and O–H groups in total. The van der Waals surface area contributed by atoms with Gasteiger partial charge in [-0.15, -0.1) is 0 Å². The molecular formula is C7H15N. The zero-order valence-electron chi connectivity index (χ0n) is 5.56. The van der Waals surface area contributed by atoms with Gasteiger partial charge in [0.1, 0.15) is 0 Å². The predicted molar refractivity (Wildman–Crippen MR) is 35.6 cm³/mol. The Kier molecular flexibility index (Phi) is 1.90. The summed E-state index contributed by atoms with van der Waals surface area (Å²) in [7, 11) is 0. The van der Waals surface area contributed by atoms with Crippen LogP contribution in [0, 0.1) is 5.92 Å². The fourth-order valence-corrected chi connectivity index (χ4v) is 1.09. The molecule has 0 amide bonds. The van der Waals surface area contributed by atoms with Gasteiger partial charge in [-0.1, -0.05) is 13.3 Å². The first-order chi connectivity index (χ1) is 3.84. The van der Waals surface area contributed by atoms with Crippen LogP contribution < -0.4 is 5.73 Å². The van der Waals surface area contributed by atoms with Crippen LogP contribution in [0.15, 0.2) is 0 Å². The maximum Gasteiger partial charge on any atom is 0.00670 e. The molecule has 1 fully saturated rings. The molecule has 0 radical (unpaired) electrons. The summed E-state index contributed by atoms with van der Waals surface area (Å²) < 4.78 is 0. The van der Waals surface area contributed by atoms with E-state index in [0.717, 1.165) is 5.92 Å². The normalized spacial score (nSPS) is 23.2. The van der Waals surface area contributed by atoms with Gasteiger partial charge in [-0.25, -0.2) is 0 Å². The Labute approximate surface area is 51.3 Å². The Bertz CT molecular complexity index is 66.8. The van der Waals surface area contributed by atoms with E-state index in [1.165, 1.54) is 25.7 Å². The van der Waals surface area contributed by atoms with Gasteiger partial charge >= 0.3 is 0 Å². The largest absolute Gasteiger partial charge is 0.327 e. The van der Waals surface area contributed by atoms with Gasteiger partial charge in [-0.2, -0.15) is 0 Å². The highest BCUT2D eigenvalue weighted by atomic mass is 14.7. The monoisotopic (exact) mass is 113 g/mol. The third kappa shape index (κ3) is 1.48. The van der Waals surface area contributed by atoms with Crippen molar-refractivity contribution in [2.75, 3.05) is 0 Å². The molecule has 0 aromatic heterocycles. The molecule has 1 rings (SSSR count). The molecule has 1 aliphatic carbocycles. The Balaban J connectivity index is 2.03. The number of rotatable bonds is 3. The topological polar surface area (TPSA) is 26.0 Å². The maximum absolute atomic E-state index is 5.79. The number of hydrogen-bond donors (Lipinski definition) is 1. The SMILES string of the molecule is CCCC(N)C1CC1. The quantitative estimate of drug-likeness (QED) is 0.590. The van der Waals surface area contributed by atoms with Gasteiger partial charge in [-0.05, 0) is 25.2 Å². The lowest BCUT2D eigenvalue weighted by molar-refractivity contribution is 0.543. The third-order valence-corrected chi connectivity index (χ3v) is 1.85. The molecule has 0 saturated heterocycles. The smallest absolute Gasteiger partial charge is 0.00670 e. The van der Waals surface area contributed by atoms with Gasteiger partial charge in [0, 0.05) is 6.04 Å². The zero-order valence-corrected chi connectivity index (χ0v) is 5.56. The fraction of sp³-hybridized carbons (Fsp3) is 1.00. The molecule has 0 aromatic carbocycles. The van der Waals surface area contributed by atoms with Gasteiger partial charge in [0.15, 0.2) is 0 Å². The van der Waals surface area contributed by atoms with Crippen LogP contribution in [-0.4, -0.2) is 6.04 Å². The van der Waals surface area contributed by atoms with Crippen molar-refractivity contribution in [2.24, 2.45) is 11.7 Å². The minimum absolute atomic E-state index is 0.528. The van der Waals surface area contributed by atoms with E-state index in [9.17, 15) is 0 Å². The molecule has 1 unspecified atom stereocenters. The Hall–Kier alpha value is -0.0400. The van der Waals surface area contributed by atoms with Crippen molar-refractivity contribution in [1.29, 1.82) is 0 Å². The zero-order chi connectivity index (χ0) is 5.98. The van der Waals surface area contributed by atoms with E-state index < -0.39 is 0 Å². The lowest BCUT2D eigenvalue weighted by Gasteiger charge is -2.05. The Morgan fingerprint density at radius 1 is 1.62 bits per heavy atom. The molecule has 0 bridgehead atoms. The standard InChI is InChI=1S/C7H15N/c1-2-3-7(8)6-4-5-6/h6-7H,2-5,8H2,1H3. The Morgan fingerprint density at radius 3 is 2.62 bits per heavy atom. The summed E-state index contributed by atoms with van der Waals surface area (Å²) in [6.07, 6.45) is 5.25. The highest BCUT2D eigenvalue weighted by Gasteiger charge is 2.27.